The van der Waals surface area contributed by atoms with Crippen LogP contribution in [0.15, 0.2) is 54.6 Å². The summed E-state index contributed by atoms with van der Waals surface area (Å²) in [4.78, 5) is 26.9. The molecular weight excluding hydrogens is 554 g/mol. The molecule has 2 N–H and O–H groups in total. The number of phenolic OH excluding ortho intramolecular Hbond substituents is 1. The summed E-state index contributed by atoms with van der Waals surface area (Å²) in [6.45, 7) is 2.44. The molecule has 10 nitrogen and oxygen atoms in total. The number of rotatable bonds is 10. The number of esters is 2. The standard InChI is InChI=1S/C33H35NO9/c1-4-8-23(32(36)40-15-18-9-6-5-7-10-18)34-30-21-14-25-24(42-17-43-25)13-20(21)28(29-22(30)16-41-33(29)37)19-11-26(38-2)31(35)27(12-19)39-3/h5-7,9-14,22-23,28-30,34-35H,4,8,15-17H2,1-3H3/t22-,23?,28+,29-,30+/m0/s1. The first-order valence-electron chi connectivity index (χ1n) is 14.4. The molecule has 3 aromatic carbocycles. The molecule has 0 radical (unpaired) electrons. The zero-order chi connectivity index (χ0) is 30.1. The molecule has 3 aliphatic rings. The fourth-order valence-electron chi connectivity index (χ4n) is 6.47. The largest absolute Gasteiger partial charge is 0.502 e. The van der Waals surface area contributed by atoms with Crippen LogP contribution in [0.5, 0.6) is 28.7 Å². The van der Waals surface area contributed by atoms with E-state index in [1.807, 2.05) is 49.4 Å². The van der Waals surface area contributed by atoms with Crippen molar-refractivity contribution in [2.75, 3.05) is 27.6 Å². The molecule has 0 amide bonds. The molecule has 0 aromatic heterocycles. The van der Waals surface area contributed by atoms with Crippen molar-refractivity contribution < 1.29 is 43.1 Å². The topological polar surface area (TPSA) is 122 Å². The first-order valence-corrected chi connectivity index (χ1v) is 14.4. The Kier molecular flexibility index (Phi) is 8.03. The molecule has 1 saturated heterocycles. The summed E-state index contributed by atoms with van der Waals surface area (Å²) in [7, 11) is 2.92. The molecule has 43 heavy (non-hydrogen) atoms. The Hall–Kier alpha value is -4.44. The van der Waals surface area contributed by atoms with Crippen LogP contribution in [0.1, 0.15) is 54.0 Å². The SMILES string of the molecule is CCCC(N[C@@H]1c2cc3c(cc2[C@@H](c2cc(OC)c(O)c(OC)c2)[C@H]2C(=O)OC[C@@H]21)OCO3)C(=O)OCc1ccccc1. The van der Waals surface area contributed by atoms with Gasteiger partial charge >= 0.3 is 11.9 Å². The van der Waals surface area contributed by atoms with Crippen LogP contribution in [0.4, 0.5) is 0 Å². The van der Waals surface area contributed by atoms with Gasteiger partial charge in [0.25, 0.3) is 0 Å². The minimum absolute atomic E-state index is 0.0843. The molecule has 2 heterocycles. The van der Waals surface area contributed by atoms with E-state index in [0.717, 1.165) is 23.1 Å². The van der Waals surface area contributed by atoms with Crippen LogP contribution in [-0.4, -0.2) is 50.7 Å². The molecule has 1 aliphatic carbocycles. The van der Waals surface area contributed by atoms with Gasteiger partial charge < -0.3 is 33.5 Å². The number of carbonyl (C=O) groups is 2. The molecule has 226 valence electrons. The summed E-state index contributed by atoms with van der Waals surface area (Å²) in [6, 6.07) is 15.8. The van der Waals surface area contributed by atoms with Crippen molar-refractivity contribution in [3.63, 3.8) is 0 Å². The van der Waals surface area contributed by atoms with Crippen molar-refractivity contribution in [3.05, 3.63) is 76.9 Å². The van der Waals surface area contributed by atoms with E-state index in [0.29, 0.717) is 23.5 Å². The van der Waals surface area contributed by atoms with Crippen LogP contribution < -0.4 is 24.3 Å². The molecular formula is C33H35NO9. The van der Waals surface area contributed by atoms with E-state index in [1.54, 1.807) is 12.1 Å². The van der Waals surface area contributed by atoms with Gasteiger partial charge in [0.05, 0.1) is 26.7 Å². The van der Waals surface area contributed by atoms with E-state index in [1.165, 1.54) is 14.2 Å². The van der Waals surface area contributed by atoms with Crippen molar-refractivity contribution in [2.45, 2.75) is 44.4 Å². The molecule has 10 heteroatoms. The Morgan fingerprint density at radius 1 is 1.00 bits per heavy atom. The third-order valence-corrected chi connectivity index (χ3v) is 8.51. The predicted molar refractivity (Wildman–Crippen MR) is 154 cm³/mol. The zero-order valence-corrected chi connectivity index (χ0v) is 24.3. The Labute approximate surface area is 249 Å². The quantitative estimate of drug-likeness (QED) is 0.324. The number of methoxy groups -OCH3 is 2. The van der Waals surface area contributed by atoms with Crippen molar-refractivity contribution in [1.82, 2.24) is 5.32 Å². The summed E-state index contributed by atoms with van der Waals surface area (Å²) < 4.78 is 33.8. The average Bonchev–Trinajstić information content (AvgIpc) is 3.65. The van der Waals surface area contributed by atoms with Gasteiger partial charge in [-0.05, 0) is 52.9 Å². The molecule has 0 bridgehead atoms. The molecule has 0 spiro atoms. The van der Waals surface area contributed by atoms with Crippen molar-refractivity contribution >= 4 is 11.9 Å². The normalized spacial score (nSPS) is 22.3. The Morgan fingerprint density at radius 2 is 1.67 bits per heavy atom. The summed E-state index contributed by atoms with van der Waals surface area (Å²) in [5, 5.41) is 14.2. The minimum Gasteiger partial charge on any atom is -0.502 e. The number of phenols is 1. The molecule has 1 fully saturated rings. The zero-order valence-electron chi connectivity index (χ0n) is 24.3. The lowest BCUT2D eigenvalue weighted by molar-refractivity contribution is -0.148. The van der Waals surface area contributed by atoms with Crippen LogP contribution in [0.2, 0.25) is 0 Å². The number of fused-ring (bicyclic) bond motifs is 3. The highest BCUT2D eigenvalue weighted by molar-refractivity contribution is 5.79. The van der Waals surface area contributed by atoms with Crippen LogP contribution in [-0.2, 0) is 25.7 Å². The number of aromatic hydroxyl groups is 1. The predicted octanol–water partition coefficient (Wildman–Crippen LogP) is 4.62. The number of hydrogen-bond acceptors (Lipinski definition) is 10. The second-order valence-electron chi connectivity index (χ2n) is 11.0. The first-order chi connectivity index (χ1) is 20.9. The van der Waals surface area contributed by atoms with E-state index in [9.17, 15) is 14.7 Å². The minimum atomic E-state index is -0.612. The monoisotopic (exact) mass is 589 g/mol. The maximum Gasteiger partial charge on any atom is 0.323 e. The van der Waals surface area contributed by atoms with Gasteiger partial charge in [-0.25, -0.2) is 0 Å². The number of ether oxygens (including phenoxy) is 6. The first kappa shape index (κ1) is 28.7. The average molecular weight is 590 g/mol. The molecule has 6 rings (SSSR count). The summed E-state index contributed by atoms with van der Waals surface area (Å²) >= 11 is 0. The number of hydrogen-bond donors (Lipinski definition) is 2. The van der Waals surface area contributed by atoms with Gasteiger partial charge in [0.1, 0.15) is 12.6 Å². The van der Waals surface area contributed by atoms with Crippen molar-refractivity contribution in [1.29, 1.82) is 0 Å². The van der Waals surface area contributed by atoms with Gasteiger partial charge in [0, 0.05) is 17.9 Å². The van der Waals surface area contributed by atoms with E-state index >= 15 is 0 Å². The lowest BCUT2D eigenvalue weighted by atomic mass is 9.65. The van der Waals surface area contributed by atoms with E-state index in [4.69, 9.17) is 28.4 Å². The number of cyclic esters (lactones) is 1. The third-order valence-electron chi connectivity index (χ3n) is 8.51. The number of carbonyl (C=O) groups excluding carboxylic acids is 2. The molecule has 5 atom stereocenters. The second kappa shape index (κ2) is 12.0. The maximum absolute atomic E-state index is 13.5. The highest BCUT2D eigenvalue weighted by Crippen LogP contribution is 2.55. The van der Waals surface area contributed by atoms with Crippen LogP contribution in [0.25, 0.3) is 0 Å². The molecule has 1 unspecified atom stereocenters. The van der Waals surface area contributed by atoms with Gasteiger partial charge in [-0.3, -0.25) is 14.9 Å². The summed E-state index contributed by atoms with van der Waals surface area (Å²) in [5.74, 6) is -0.584. The Balaban J connectivity index is 1.41. The second-order valence-corrected chi connectivity index (χ2v) is 11.0. The van der Waals surface area contributed by atoms with Gasteiger partial charge in [-0.2, -0.15) is 0 Å². The van der Waals surface area contributed by atoms with Crippen LogP contribution in [0, 0.1) is 11.8 Å². The molecule has 2 aliphatic heterocycles. The van der Waals surface area contributed by atoms with Crippen LogP contribution in [0.3, 0.4) is 0 Å². The number of nitrogens with one attached hydrogen (secondary N) is 1. The summed E-state index contributed by atoms with van der Waals surface area (Å²) in [5.41, 5.74) is 3.31. The van der Waals surface area contributed by atoms with Crippen molar-refractivity contribution in [3.8, 4) is 28.7 Å². The fraction of sp³-hybridized carbons (Fsp3) is 0.394. The summed E-state index contributed by atoms with van der Waals surface area (Å²) in [6.07, 6.45) is 1.30. The van der Waals surface area contributed by atoms with Gasteiger partial charge in [0.15, 0.2) is 23.0 Å². The molecule has 3 aromatic rings. The fourth-order valence-corrected chi connectivity index (χ4v) is 6.47. The highest BCUT2D eigenvalue weighted by atomic mass is 16.7. The lowest BCUT2D eigenvalue weighted by Crippen LogP contribution is -2.47. The van der Waals surface area contributed by atoms with Gasteiger partial charge in [0.2, 0.25) is 12.5 Å². The smallest absolute Gasteiger partial charge is 0.323 e. The Morgan fingerprint density at radius 3 is 2.33 bits per heavy atom. The Bertz CT molecular complexity index is 1480. The number of benzene rings is 3. The van der Waals surface area contributed by atoms with E-state index in [2.05, 4.69) is 5.32 Å². The van der Waals surface area contributed by atoms with Crippen molar-refractivity contribution in [2.24, 2.45) is 11.8 Å². The lowest BCUT2D eigenvalue weighted by Gasteiger charge is -2.40. The maximum atomic E-state index is 13.5. The van der Waals surface area contributed by atoms with E-state index < -0.39 is 23.9 Å². The van der Waals surface area contributed by atoms with Crippen LogP contribution >= 0.6 is 0 Å². The van der Waals surface area contributed by atoms with E-state index in [-0.39, 0.29) is 55.1 Å². The highest BCUT2D eigenvalue weighted by Gasteiger charge is 2.53. The molecule has 0 saturated carbocycles. The third kappa shape index (κ3) is 5.31. The van der Waals surface area contributed by atoms with Gasteiger partial charge in [-0.1, -0.05) is 43.7 Å². The van der Waals surface area contributed by atoms with Gasteiger partial charge in [-0.15, -0.1) is 0 Å².